The third kappa shape index (κ3) is 1.56. The molecule has 0 amide bonds. The first-order chi connectivity index (χ1) is 6.20. The van der Waals surface area contributed by atoms with E-state index in [0.29, 0.717) is 17.3 Å². The van der Waals surface area contributed by atoms with Crippen molar-refractivity contribution < 1.29 is 4.74 Å². The number of nitrogens with two attached hydrogens (primary N) is 1. The Hall–Kier alpha value is -0.250. The van der Waals surface area contributed by atoms with E-state index in [1.165, 1.54) is 5.56 Å². The van der Waals surface area contributed by atoms with Crippen LogP contribution in [0, 0.1) is 0 Å². The van der Waals surface area contributed by atoms with E-state index in [1.54, 1.807) is 0 Å². The van der Waals surface area contributed by atoms with Gasteiger partial charge in [-0.25, -0.2) is 0 Å². The van der Waals surface area contributed by atoms with Gasteiger partial charge in [0.2, 0.25) is 0 Å². The van der Waals surface area contributed by atoms with Crippen LogP contribution in [0.25, 0.3) is 0 Å². The molecular formula is C9H9BrClNO. The van der Waals surface area contributed by atoms with E-state index >= 15 is 0 Å². The van der Waals surface area contributed by atoms with Gasteiger partial charge in [0.05, 0.1) is 23.9 Å². The molecule has 0 saturated carbocycles. The van der Waals surface area contributed by atoms with Gasteiger partial charge in [0.1, 0.15) is 0 Å². The average molecular weight is 263 g/mol. The summed E-state index contributed by atoms with van der Waals surface area (Å²) in [6.45, 7) is 1.39. The summed E-state index contributed by atoms with van der Waals surface area (Å²) >= 11 is 9.39. The maximum Gasteiger partial charge on any atom is 0.0720 e. The lowest BCUT2D eigenvalue weighted by Gasteiger charge is -2.19. The Balaban J connectivity index is 2.60. The predicted molar refractivity (Wildman–Crippen MR) is 56.9 cm³/mol. The van der Waals surface area contributed by atoms with Gasteiger partial charge in [-0.1, -0.05) is 11.6 Å². The van der Waals surface area contributed by atoms with Gasteiger partial charge in [-0.15, -0.1) is 0 Å². The molecule has 4 heteroatoms. The third-order valence-corrected chi connectivity index (χ3v) is 3.42. The molecule has 0 bridgehead atoms. The molecule has 0 fully saturated rings. The van der Waals surface area contributed by atoms with Gasteiger partial charge in [-0.2, -0.15) is 0 Å². The smallest absolute Gasteiger partial charge is 0.0720 e. The average Bonchev–Trinajstić information content (AvgIpc) is 2.15. The van der Waals surface area contributed by atoms with E-state index in [4.69, 9.17) is 22.1 Å². The van der Waals surface area contributed by atoms with E-state index in [2.05, 4.69) is 15.9 Å². The van der Waals surface area contributed by atoms with Crippen molar-refractivity contribution >= 4 is 33.2 Å². The Kier molecular flexibility index (Phi) is 2.49. The Morgan fingerprint density at radius 3 is 3.08 bits per heavy atom. The topological polar surface area (TPSA) is 35.2 Å². The van der Waals surface area contributed by atoms with Crippen molar-refractivity contribution in [3.63, 3.8) is 0 Å². The number of benzene rings is 1. The number of anilines is 1. The van der Waals surface area contributed by atoms with Crippen LogP contribution in [0.3, 0.4) is 0 Å². The second-order valence-corrected chi connectivity index (χ2v) is 4.23. The monoisotopic (exact) mass is 261 g/mol. The Morgan fingerprint density at radius 1 is 1.54 bits per heavy atom. The second kappa shape index (κ2) is 3.48. The molecule has 1 aromatic carbocycles. The molecule has 1 aromatic rings. The number of fused-ring (bicyclic) bond motifs is 1. The standard InChI is InChI=1S/C9H9BrClNO/c10-8-6-1-2-13-4-5(6)3-7(11)9(8)12/h3H,1-2,4,12H2. The van der Waals surface area contributed by atoms with Crippen molar-refractivity contribution in [2.24, 2.45) is 0 Å². The number of rotatable bonds is 0. The Morgan fingerprint density at radius 2 is 2.31 bits per heavy atom. The van der Waals surface area contributed by atoms with Gasteiger partial charge in [0, 0.05) is 4.47 Å². The number of halogens is 2. The number of ether oxygens (including phenoxy) is 1. The quantitative estimate of drug-likeness (QED) is 0.730. The van der Waals surface area contributed by atoms with Gasteiger partial charge < -0.3 is 10.5 Å². The minimum Gasteiger partial charge on any atom is -0.397 e. The molecule has 0 aromatic heterocycles. The van der Waals surface area contributed by atoms with Crippen LogP contribution in [0.2, 0.25) is 5.02 Å². The fourth-order valence-corrected chi connectivity index (χ4v) is 2.49. The Labute approximate surface area is 90.1 Å². The number of nitrogen functional groups attached to an aromatic ring is 1. The van der Waals surface area contributed by atoms with Crippen LogP contribution in [0.1, 0.15) is 11.1 Å². The largest absolute Gasteiger partial charge is 0.397 e. The molecule has 70 valence electrons. The third-order valence-electron chi connectivity index (χ3n) is 2.20. The molecule has 2 rings (SSSR count). The first-order valence-electron chi connectivity index (χ1n) is 4.03. The predicted octanol–water partition coefficient (Wildman–Crippen LogP) is 2.76. The molecular weight excluding hydrogens is 253 g/mol. The molecule has 0 unspecified atom stereocenters. The molecule has 13 heavy (non-hydrogen) atoms. The van der Waals surface area contributed by atoms with Crippen molar-refractivity contribution in [1.29, 1.82) is 0 Å². The summed E-state index contributed by atoms with van der Waals surface area (Å²) in [5, 5.41) is 0.594. The highest BCUT2D eigenvalue weighted by atomic mass is 79.9. The van der Waals surface area contributed by atoms with E-state index in [-0.39, 0.29) is 0 Å². The molecule has 0 spiro atoms. The molecule has 1 aliphatic heterocycles. The summed E-state index contributed by atoms with van der Waals surface area (Å²) < 4.78 is 6.25. The van der Waals surface area contributed by atoms with Crippen LogP contribution in [-0.2, 0) is 17.8 Å². The second-order valence-electron chi connectivity index (χ2n) is 3.03. The highest BCUT2D eigenvalue weighted by Crippen LogP contribution is 2.35. The molecule has 2 N–H and O–H groups in total. The van der Waals surface area contributed by atoms with E-state index in [1.807, 2.05) is 6.07 Å². The maximum atomic E-state index is 5.94. The van der Waals surface area contributed by atoms with Crippen LogP contribution in [0.5, 0.6) is 0 Å². The summed E-state index contributed by atoms with van der Waals surface area (Å²) in [4.78, 5) is 0. The lowest BCUT2D eigenvalue weighted by molar-refractivity contribution is 0.110. The fourth-order valence-electron chi connectivity index (χ4n) is 1.48. The van der Waals surface area contributed by atoms with Crippen molar-refractivity contribution in [3.8, 4) is 0 Å². The van der Waals surface area contributed by atoms with Crippen LogP contribution in [0.4, 0.5) is 5.69 Å². The van der Waals surface area contributed by atoms with Gasteiger partial charge in [-0.05, 0) is 39.5 Å². The van der Waals surface area contributed by atoms with Gasteiger partial charge in [0.25, 0.3) is 0 Å². The summed E-state index contributed by atoms with van der Waals surface area (Å²) in [6, 6.07) is 1.89. The normalized spacial score (nSPS) is 15.5. The summed E-state index contributed by atoms with van der Waals surface area (Å²) in [5.74, 6) is 0. The fraction of sp³-hybridized carbons (Fsp3) is 0.333. The maximum absolute atomic E-state index is 5.94. The van der Waals surface area contributed by atoms with E-state index in [0.717, 1.165) is 23.1 Å². The minimum absolute atomic E-state index is 0.594. The lowest BCUT2D eigenvalue weighted by atomic mass is 10.0. The van der Waals surface area contributed by atoms with Gasteiger partial charge in [0.15, 0.2) is 0 Å². The first kappa shape index (κ1) is 9.31. The highest BCUT2D eigenvalue weighted by molar-refractivity contribution is 9.10. The summed E-state index contributed by atoms with van der Waals surface area (Å²) in [5.41, 5.74) is 8.78. The molecule has 2 nitrogen and oxygen atoms in total. The number of hydrogen-bond acceptors (Lipinski definition) is 2. The molecule has 0 radical (unpaired) electrons. The molecule has 1 heterocycles. The zero-order chi connectivity index (χ0) is 9.42. The zero-order valence-corrected chi connectivity index (χ0v) is 9.28. The van der Waals surface area contributed by atoms with E-state index in [9.17, 15) is 0 Å². The minimum atomic E-state index is 0.594. The van der Waals surface area contributed by atoms with Crippen LogP contribution < -0.4 is 5.73 Å². The Bertz CT molecular complexity index is 354. The van der Waals surface area contributed by atoms with Crippen molar-refractivity contribution in [1.82, 2.24) is 0 Å². The summed E-state index contributed by atoms with van der Waals surface area (Å²) in [7, 11) is 0. The zero-order valence-electron chi connectivity index (χ0n) is 6.94. The number of hydrogen-bond donors (Lipinski definition) is 1. The molecule has 1 aliphatic rings. The van der Waals surface area contributed by atoms with Crippen LogP contribution in [-0.4, -0.2) is 6.61 Å². The lowest BCUT2D eigenvalue weighted by Crippen LogP contribution is -2.11. The van der Waals surface area contributed by atoms with Crippen molar-refractivity contribution in [2.45, 2.75) is 13.0 Å². The van der Waals surface area contributed by atoms with Gasteiger partial charge >= 0.3 is 0 Å². The van der Waals surface area contributed by atoms with E-state index < -0.39 is 0 Å². The highest BCUT2D eigenvalue weighted by Gasteiger charge is 2.16. The SMILES string of the molecule is Nc1c(Cl)cc2c(c1Br)CCOC2. The summed E-state index contributed by atoms with van der Waals surface area (Å²) in [6.07, 6.45) is 0.900. The van der Waals surface area contributed by atoms with Gasteiger partial charge in [-0.3, -0.25) is 0 Å². The van der Waals surface area contributed by atoms with Crippen molar-refractivity contribution in [2.75, 3.05) is 12.3 Å². The first-order valence-corrected chi connectivity index (χ1v) is 5.20. The molecule has 0 saturated heterocycles. The molecule has 0 aliphatic carbocycles. The van der Waals surface area contributed by atoms with Crippen LogP contribution >= 0.6 is 27.5 Å². The van der Waals surface area contributed by atoms with Crippen LogP contribution in [0.15, 0.2) is 10.5 Å². The molecule has 0 atom stereocenters. The van der Waals surface area contributed by atoms with Crippen molar-refractivity contribution in [3.05, 3.63) is 26.7 Å².